The number of hydrogen-bond donors (Lipinski definition) is 0. The van der Waals surface area contributed by atoms with Crippen molar-refractivity contribution in [1.82, 2.24) is 0 Å². The third-order valence-corrected chi connectivity index (χ3v) is 4.19. The fraction of sp³-hybridized carbons (Fsp3) is 0.300. The molecule has 1 aliphatic heterocycles. The van der Waals surface area contributed by atoms with Gasteiger partial charge in [0.2, 0.25) is 0 Å². The summed E-state index contributed by atoms with van der Waals surface area (Å²) in [5.41, 5.74) is 5.28. The van der Waals surface area contributed by atoms with Gasteiger partial charge in [0, 0.05) is 5.56 Å². The van der Waals surface area contributed by atoms with Crippen molar-refractivity contribution in [3.8, 4) is 0 Å². The number of aliphatic imine (C=N–C) groups is 1. The first kappa shape index (κ1) is 14.7. The van der Waals surface area contributed by atoms with Crippen LogP contribution in [0.5, 0.6) is 0 Å². The maximum atomic E-state index is 12.5. The van der Waals surface area contributed by atoms with Crippen molar-refractivity contribution >= 4 is 11.5 Å². The van der Waals surface area contributed by atoms with Gasteiger partial charge in [-0.3, -0.25) is 9.79 Å². The number of Topliss-reactive ketones (excluding diaryl/α,β-unsaturated/α-hetero) is 1. The standard InChI is InChI=1S/C20H21NO/c1-14-8-7-11-16-17(14)13-20(2,3)21-18(16)12-19(22)15-9-5-4-6-10-15/h4-11H,12-13H2,1-3H3. The molecule has 112 valence electrons. The molecule has 0 aromatic heterocycles. The molecule has 2 aromatic carbocycles. The summed E-state index contributed by atoms with van der Waals surface area (Å²) in [6, 6.07) is 15.7. The minimum Gasteiger partial charge on any atom is -0.294 e. The minimum atomic E-state index is -0.147. The van der Waals surface area contributed by atoms with Crippen LogP contribution in [0.3, 0.4) is 0 Å². The first-order chi connectivity index (χ1) is 10.5. The van der Waals surface area contributed by atoms with Gasteiger partial charge in [0.1, 0.15) is 0 Å². The molecule has 2 heteroatoms. The minimum absolute atomic E-state index is 0.129. The first-order valence-corrected chi connectivity index (χ1v) is 7.72. The highest BCUT2D eigenvalue weighted by Gasteiger charge is 2.28. The van der Waals surface area contributed by atoms with E-state index in [9.17, 15) is 4.79 Å². The van der Waals surface area contributed by atoms with E-state index in [2.05, 4.69) is 39.0 Å². The van der Waals surface area contributed by atoms with Crippen molar-refractivity contribution in [2.24, 2.45) is 4.99 Å². The maximum absolute atomic E-state index is 12.5. The number of fused-ring (bicyclic) bond motifs is 1. The van der Waals surface area contributed by atoms with Crippen LogP contribution in [0.2, 0.25) is 0 Å². The van der Waals surface area contributed by atoms with Crippen LogP contribution < -0.4 is 0 Å². The normalized spacial score (nSPS) is 15.9. The van der Waals surface area contributed by atoms with E-state index in [1.165, 1.54) is 11.1 Å². The fourth-order valence-electron chi connectivity index (χ4n) is 3.12. The second-order valence-electron chi connectivity index (χ2n) is 6.61. The molecule has 2 aromatic rings. The van der Waals surface area contributed by atoms with Gasteiger partial charge in [-0.1, -0.05) is 48.5 Å². The second kappa shape index (κ2) is 5.53. The number of benzene rings is 2. The SMILES string of the molecule is Cc1cccc2c1CC(C)(C)N=C2CC(=O)c1ccccc1. The lowest BCUT2D eigenvalue weighted by atomic mass is 9.83. The summed E-state index contributed by atoms with van der Waals surface area (Å²) in [5.74, 6) is 0.129. The Balaban J connectivity index is 1.97. The van der Waals surface area contributed by atoms with E-state index in [-0.39, 0.29) is 11.3 Å². The third-order valence-electron chi connectivity index (χ3n) is 4.19. The molecule has 0 unspecified atom stereocenters. The van der Waals surface area contributed by atoms with Gasteiger partial charge in [0.25, 0.3) is 0 Å². The molecule has 22 heavy (non-hydrogen) atoms. The zero-order valence-electron chi connectivity index (χ0n) is 13.4. The van der Waals surface area contributed by atoms with Crippen molar-refractivity contribution in [3.63, 3.8) is 0 Å². The molecular formula is C20H21NO. The molecule has 1 aliphatic rings. The quantitative estimate of drug-likeness (QED) is 0.771. The molecule has 0 saturated carbocycles. The fourth-order valence-corrected chi connectivity index (χ4v) is 3.12. The van der Waals surface area contributed by atoms with Crippen LogP contribution in [0.4, 0.5) is 0 Å². The van der Waals surface area contributed by atoms with E-state index in [1.54, 1.807) is 0 Å². The molecule has 0 aliphatic carbocycles. The lowest BCUT2D eigenvalue weighted by Gasteiger charge is -2.30. The Morgan fingerprint density at radius 1 is 1.09 bits per heavy atom. The molecule has 0 spiro atoms. The predicted octanol–water partition coefficient (Wildman–Crippen LogP) is 4.39. The summed E-state index contributed by atoms with van der Waals surface area (Å²) in [5, 5.41) is 0. The molecule has 0 fully saturated rings. The molecule has 1 heterocycles. The Bertz CT molecular complexity index is 742. The number of ketones is 1. The Morgan fingerprint density at radius 3 is 2.55 bits per heavy atom. The smallest absolute Gasteiger partial charge is 0.168 e. The summed E-state index contributed by atoms with van der Waals surface area (Å²) < 4.78 is 0. The van der Waals surface area contributed by atoms with Gasteiger partial charge < -0.3 is 0 Å². The predicted molar refractivity (Wildman–Crippen MR) is 90.9 cm³/mol. The lowest BCUT2D eigenvalue weighted by Crippen LogP contribution is -2.30. The van der Waals surface area contributed by atoms with Crippen LogP contribution in [0.15, 0.2) is 53.5 Å². The summed E-state index contributed by atoms with van der Waals surface area (Å²) >= 11 is 0. The Hall–Kier alpha value is -2.22. The average molecular weight is 291 g/mol. The van der Waals surface area contributed by atoms with Gasteiger partial charge >= 0.3 is 0 Å². The van der Waals surface area contributed by atoms with E-state index in [0.29, 0.717) is 6.42 Å². The van der Waals surface area contributed by atoms with Crippen LogP contribution in [0, 0.1) is 6.92 Å². The van der Waals surface area contributed by atoms with Crippen LogP contribution >= 0.6 is 0 Å². The van der Waals surface area contributed by atoms with Gasteiger partial charge in [-0.05, 0) is 43.9 Å². The van der Waals surface area contributed by atoms with Gasteiger partial charge in [-0.15, -0.1) is 0 Å². The summed E-state index contributed by atoms with van der Waals surface area (Å²) in [6.07, 6.45) is 1.29. The number of aryl methyl sites for hydroxylation is 1. The molecule has 0 saturated heterocycles. The van der Waals surface area contributed by atoms with Crippen molar-refractivity contribution in [2.75, 3.05) is 0 Å². The molecule has 2 nitrogen and oxygen atoms in total. The lowest BCUT2D eigenvalue weighted by molar-refractivity contribution is 0.100. The van der Waals surface area contributed by atoms with E-state index in [0.717, 1.165) is 23.3 Å². The van der Waals surface area contributed by atoms with Gasteiger partial charge in [0.05, 0.1) is 17.7 Å². The van der Waals surface area contributed by atoms with Crippen LogP contribution in [-0.2, 0) is 6.42 Å². The number of carbonyl (C=O) groups excluding carboxylic acids is 1. The molecular weight excluding hydrogens is 270 g/mol. The van der Waals surface area contributed by atoms with Gasteiger partial charge in [-0.25, -0.2) is 0 Å². The van der Waals surface area contributed by atoms with Gasteiger partial charge in [0.15, 0.2) is 5.78 Å². The number of hydrogen-bond acceptors (Lipinski definition) is 2. The molecule has 0 amide bonds. The molecule has 0 N–H and O–H groups in total. The summed E-state index contributed by atoms with van der Waals surface area (Å²) in [4.78, 5) is 17.4. The largest absolute Gasteiger partial charge is 0.294 e. The topological polar surface area (TPSA) is 29.4 Å². The summed E-state index contributed by atoms with van der Waals surface area (Å²) in [6.45, 7) is 6.40. The highest BCUT2D eigenvalue weighted by atomic mass is 16.1. The Morgan fingerprint density at radius 2 is 1.82 bits per heavy atom. The van der Waals surface area contributed by atoms with Crippen LogP contribution in [0.25, 0.3) is 0 Å². The molecule has 0 atom stereocenters. The Labute approximate surface area is 131 Å². The van der Waals surface area contributed by atoms with Crippen LogP contribution in [-0.4, -0.2) is 17.0 Å². The third kappa shape index (κ3) is 2.87. The number of rotatable bonds is 3. The van der Waals surface area contributed by atoms with E-state index in [1.807, 2.05) is 30.3 Å². The average Bonchev–Trinajstić information content (AvgIpc) is 2.48. The highest BCUT2D eigenvalue weighted by molar-refractivity contribution is 6.16. The van der Waals surface area contributed by atoms with Crippen molar-refractivity contribution in [3.05, 3.63) is 70.8 Å². The Kier molecular flexibility index (Phi) is 3.69. The van der Waals surface area contributed by atoms with Gasteiger partial charge in [-0.2, -0.15) is 0 Å². The van der Waals surface area contributed by atoms with Crippen LogP contribution in [0.1, 0.15) is 47.3 Å². The monoisotopic (exact) mass is 291 g/mol. The highest BCUT2D eigenvalue weighted by Crippen LogP contribution is 2.30. The van der Waals surface area contributed by atoms with E-state index >= 15 is 0 Å². The maximum Gasteiger partial charge on any atom is 0.168 e. The molecule has 0 radical (unpaired) electrons. The summed E-state index contributed by atoms with van der Waals surface area (Å²) in [7, 11) is 0. The van der Waals surface area contributed by atoms with Crippen molar-refractivity contribution in [1.29, 1.82) is 0 Å². The first-order valence-electron chi connectivity index (χ1n) is 7.72. The molecule has 3 rings (SSSR count). The number of carbonyl (C=O) groups is 1. The van der Waals surface area contributed by atoms with Crippen molar-refractivity contribution in [2.45, 2.75) is 39.2 Å². The zero-order chi connectivity index (χ0) is 15.7. The number of nitrogens with zero attached hydrogens (tertiary/aromatic N) is 1. The van der Waals surface area contributed by atoms with E-state index < -0.39 is 0 Å². The molecule has 0 bridgehead atoms. The second-order valence-corrected chi connectivity index (χ2v) is 6.61. The van der Waals surface area contributed by atoms with E-state index in [4.69, 9.17) is 4.99 Å². The van der Waals surface area contributed by atoms with Crippen molar-refractivity contribution < 1.29 is 4.79 Å². The zero-order valence-corrected chi connectivity index (χ0v) is 13.4.